The van der Waals surface area contributed by atoms with Crippen LogP contribution in [0.15, 0.2) is 61.2 Å². The molecular formula is C27H30N6O3. The Balaban J connectivity index is 1.30. The van der Waals surface area contributed by atoms with Crippen molar-refractivity contribution >= 4 is 23.4 Å². The number of anilines is 1. The van der Waals surface area contributed by atoms with Crippen molar-refractivity contribution in [3.63, 3.8) is 0 Å². The van der Waals surface area contributed by atoms with Crippen molar-refractivity contribution in [1.82, 2.24) is 25.2 Å². The van der Waals surface area contributed by atoms with Crippen LogP contribution in [-0.4, -0.2) is 50.7 Å². The lowest BCUT2D eigenvalue weighted by molar-refractivity contribution is -0.133. The number of carbonyl (C=O) groups excluding carboxylic acids is 3. The largest absolute Gasteiger partial charge is 0.348 e. The fourth-order valence-corrected chi connectivity index (χ4v) is 4.30. The Morgan fingerprint density at radius 2 is 1.72 bits per heavy atom. The highest BCUT2D eigenvalue weighted by Crippen LogP contribution is 2.30. The van der Waals surface area contributed by atoms with Crippen LogP contribution in [0.2, 0.25) is 0 Å². The summed E-state index contributed by atoms with van der Waals surface area (Å²) in [6, 6.07) is 10.9. The molecule has 0 spiro atoms. The van der Waals surface area contributed by atoms with Gasteiger partial charge in [0.25, 0.3) is 5.91 Å². The third kappa shape index (κ3) is 6.71. The lowest BCUT2D eigenvalue weighted by Gasteiger charge is -2.32. The molecule has 1 saturated heterocycles. The van der Waals surface area contributed by atoms with Crippen LogP contribution in [0.4, 0.5) is 5.69 Å². The minimum Gasteiger partial charge on any atom is -0.348 e. The molecular weight excluding hydrogens is 456 g/mol. The number of rotatable bonds is 8. The second kappa shape index (κ2) is 12.0. The van der Waals surface area contributed by atoms with Crippen LogP contribution >= 0.6 is 0 Å². The summed E-state index contributed by atoms with van der Waals surface area (Å²) in [6.45, 7) is 3.44. The van der Waals surface area contributed by atoms with Crippen LogP contribution in [0.5, 0.6) is 0 Å². The maximum atomic E-state index is 13.0. The van der Waals surface area contributed by atoms with Gasteiger partial charge in [-0.2, -0.15) is 0 Å². The van der Waals surface area contributed by atoms with Gasteiger partial charge >= 0.3 is 0 Å². The van der Waals surface area contributed by atoms with E-state index in [4.69, 9.17) is 4.98 Å². The van der Waals surface area contributed by atoms with Gasteiger partial charge in [-0.1, -0.05) is 6.07 Å². The molecule has 0 unspecified atom stereocenters. The SMILES string of the molecule is Cc1ccc(C(=O)NCc2cccnc2)c(C2CCN(C(=O)CCC(=O)Nc3cccnc3)CC2)n1. The molecule has 3 aromatic rings. The molecule has 0 atom stereocenters. The number of piperidine rings is 1. The molecule has 2 N–H and O–H groups in total. The van der Waals surface area contributed by atoms with Gasteiger partial charge in [-0.15, -0.1) is 0 Å². The third-order valence-corrected chi connectivity index (χ3v) is 6.23. The zero-order valence-electron chi connectivity index (χ0n) is 20.3. The fraction of sp³-hybridized carbons (Fsp3) is 0.333. The van der Waals surface area contributed by atoms with E-state index in [0.29, 0.717) is 43.7 Å². The first kappa shape index (κ1) is 25.0. The Labute approximate surface area is 210 Å². The third-order valence-electron chi connectivity index (χ3n) is 6.23. The molecule has 1 aliphatic rings. The van der Waals surface area contributed by atoms with E-state index in [9.17, 15) is 14.4 Å². The molecule has 0 radical (unpaired) electrons. The van der Waals surface area contributed by atoms with Crippen LogP contribution in [0.3, 0.4) is 0 Å². The highest BCUT2D eigenvalue weighted by Gasteiger charge is 2.28. The maximum absolute atomic E-state index is 13.0. The summed E-state index contributed by atoms with van der Waals surface area (Å²) in [5, 5.41) is 5.71. The normalized spacial score (nSPS) is 13.8. The molecule has 0 aromatic carbocycles. The van der Waals surface area contributed by atoms with E-state index >= 15 is 0 Å². The molecule has 0 aliphatic carbocycles. The van der Waals surface area contributed by atoms with E-state index in [2.05, 4.69) is 20.6 Å². The van der Waals surface area contributed by atoms with Crippen LogP contribution in [0, 0.1) is 6.92 Å². The highest BCUT2D eigenvalue weighted by atomic mass is 16.2. The smallest absolute Gasteiger partial charge is 0.253 e. The Morgan fingerprint density at radius 1 is 0.972 bits per heavy atom. The van der Waals surface area contributed by atoms with Crippen LogP contribution < -0.4 is 10.6 Å². The zero-order valence-corrected chi connectivity index (χ0v) is 20.3. The molecule has 36 heavy (non-hydrogen) atoms. The second-order valence-corrected chi connectivity index (χ2v) is 8.87. The first-order valence-electron chi connectivity index (χ1n) is 12.1. The first-order valence-corrected chi connectivity index (χ1v) is 12.1. The summed E-state index contributed by atoms with van der Waals surface area (Å²) in [7, 11) is 0. The van der Waals surface area contributed by atoms with Gasteiger partial charge in [0.05, 0.1) is 23.1 Å². The van der Waals surface area contributed by atoms with Crippen molar-refractivity contribution in [2.45, 2.75) is 45.1 Å². The van der Waals surface area contributed by atoms with Gasteiger partial charge in [-0.05, 0) is 55.7 Å². The molecule has 3 amide bonds. The molecule has 4 rings (SSSR count). The molecule has 9 nitrogen and oxygen atoms in total. The average Bonchev–Trinajstić information content (AvgIpc) is 2.91. The monoisotopic (exact) mass is 486 g/mol. The summed E-state index contributed by atoms with van der Waals surface area (Å²) in [5.74, 6) is -0.333. The number of aromatic nitrogens is 3. The molecule has 1 aliphatic heterocycles. The van der Waals surface area contributed by atoms with Crippen molar-refractivity contribution in [1.29, 1.82) is 0 Å². The quantitative estimate of drug-likeness (QED) is 0.505. The maximum Gasteiger partial charge on any atom is 0.253 e. The predicted molar refractivity (Wildman–Crippen MR) is 135 cm³/mol. The summed E-state index contributed by atoms with van der Waals surface area (Å²) >= 11 is 0. The van der Waals surface area contributed by atoms with Crippen LogP contribution in [0.1, 0.15) is 58.9 Å². The number of amides is 3. The van der Waals surface area contributed by atoms with Crippen molar-refractivity contribution in [2.75, 3.05) is 18.4 Å². The van der Waals surface area contributed by atoms with E-state index < -0.39 is 0 Å². The molecule has 4 heterocycles. The Morgan fingerprint density at radius 3 is 2.42 bits per heavy atom. The standard InChI is InChI=1S/C27H30N6O3/c1-19-6-7-23(27(36)30-17-20-4-2-12-28-16-20)26(31-19)21-10-14-33(15-11-21)25(35)9-8-24(34)32-22-5-3-13-29-18-22/h2-7,12-13,16,18,21H,8-11,14-15,17H2,1H3,(H,30,36)(H,32,34). The topological polar surface area (TPSA) is 117 Å². The number of likely N-dealkylation sites (tertiary alicyclic amines) is 1. The first-order chi connectivity index (χ1) is 17.5. The fourth-order valence-electron chi connectivity index (χ4n) is 4.30. The number of hydrogen-bond donors (Lipinski definition) is 2. The molecule has 1 fully saturated rings. The van der Waals surface area contributed by atoms with Gasteiger partial charge in [0, 0.05) is 62.7 Å². The summed E-state index contributed by atoms with van der Waals surface area (Å²) in [4.78, 5) is 52.4. The lowest BCUT2D eigenvalue weighted by atomic mass is 9.89. The van der Waals surface area contributed by atoms with E-state index in [0.717, 1.165) is 17.0 Å². The van der Waals surface area contributed by atoms with Gasteiger partial charge in [0.2, 0.25) is 11.8 Å². The number of nitrogens with zero attached hydrogens (tertiary/aromatic N) is 4. The Bertz CT molecular complexity index is 1190. The number of carbonyl (C=O) groups is 3. The molecule has 3 aromatic heterocycles. The Hall–Kier alpha value is -4.14. The summed E-state index contributed by atoms with van der Waals surface area (Å²) in [5.41, 5.74) is 3.74. The number of hydrogen-bond acceptors (Lipinski definition) is 6. The zero-order chi connectivity index (χ0) is 25.3. The molecule has 0 saturated carbocycles. The second-order valence-electron chi connectivity index (χ2n) is 8.87. The van der Waals surface area contributed by atoms with Crippen molar-refractivity contribution in [3.8, 4) is 0 Å². The summed E-state index contributed by atoms with van der Waals surface area (Å²) < 4.78 is 0. The van der Waals surface area contributed by atoms with Gasteiger partial charge < -0.3 is 15.5 Å². The number of pyridine rings is 3. The van der Waals surface area contributed by atoms with Gasteiger partial charge in [0.1, 0.15) is 0 Å². The minimum absolute atomic E-state index is 0.0403. The number of nitrogens with one attached hydrogen (secondary N) is 2. The van der Waals surface area contributed by atoms with E-state index in [1.807, 2.05) is 31.2 Å². The lowest BCUT2D eigenvalue weighted by Crippen LogP contribution is -2.38. The summed E-state index contributed by atoms with van der Waals surface area (Å²) in [6.07, 6.45) is 8.32. The van der Waals surface area contributed by atoms with Gasteiger partial charge in [-0.25, -0.2) is 0 Å². The molecule has 9 heteroatoms. The number of aryl methyl sites for hydroxylation is 1. The highest BCUT2D eigenvalue weighted by molar-refractivity contribution is 5.95. The van der Waals surface area contributed by atoms with Crippen molar-refractivity contribution in [3.05, 3.63) is 83.7 Å². The van der Waals surface area contributed by atoms with Crippen molar-refractivity contribution in [2.24, 2.45) is 0 Å². The van der Waals surface area contributed by atoms with Gasteiger partial charge in [-0.3, -0.25) is 29.3 Å². The van der Waals surface area contributed by atoms with Crippen molar-refractivity contribution < 1.29 is 14.4 Å². The van der Waals surface area contributed by atoms with Gasteiger partial charge in [0.15, 0.2) is 0 Å². The van der Waals surface area contributed by atoms with E-state index in [1.165, 1.54) is 0 Å². The van der Waals surface area contributed by atoms with Crippen LogP contribution in [-0.2, 0) is 16.1 Å². The van der Waals surface area contributed by atoms with E-state index in [1.54, 1.807) is 41.8 Å². The minimum atomic E-state index is -0.211. The van der Waals surface area contributed by atoms with E-state index in [-0.39, 0.29) is 36.5 Å². The van der Waals surface area contributed by atoms with Crippen LogP contribution in [0.25, 0.3) is 0 Å². The average molecular weight is 487 g/mol. The Kier molecular flexibility index (Phi) is 8.33. The molecule has 186 valence electrons. The predicted octanol–water partition coefficient (Wildman–Crippen LogP) is 3.23. The molecule has 0 bridgehead atoms.